The summed E-state index contributed by atoms with van der Waals surface area (Å²) in [6.07, 6.45) is 0.819. The Morgan fingerprint density at radius 2 is 2.06 bits per heavy atom. The van der Waals surface area contributed by atoms with Crippen LogP contribution in [0.5, 0.6) is 0 Å². The molecule has 84 valence electrons. The van der Waals surface area contributed by atoms with Crippen LogP contribution in [0.3, 0.4) is 0 Å². The Hall–Kier alpha value is -0.460. The number of aryl methyl sites for hydroxylation is 1. The third kappa shape index (κ3) is 3.02. The first-order chi connectivity index (χ1) is 7.65. The highest BCUT2D eigenvalue weighted by Crippen LogP contribution is 2.19. The van der Waals surface area contributed by atoms with Gasteiger partial charge in [-0.2, -0.15) is 0 Å². The lowest BCUT2D eigenvalue weighted by Gasteiger charge is -2.10. The summed E-state index contributed by atoms with van der Waals surface area (Å²) >= 11 is 3.98. The molecule has 0 saturated heterocycles. The molecular formula is C12H13IN2S. The second-order valence-electron chi connectivity index (χ2n) is 3.74. The quantitative estimate of drug-likeness (QED) is 0.868. The number of nitrogens with zero attached hydrogens (tertiary/aromatic N) is 1. The summed E-state index contributed by atoms with van der Waals surface area (Å²) < 4.78 is 1.23. The van der Waals surface area contributed by atoms with Crippen molar-refractivity contribution in [2.75, 3.05) is 0 Å². The average molecular weight is 344 g/mol. The van der Waals surface area contributed by atoms with E-state index < -0.39 is 0 Å². The molecule has 0 fully saturated rings. The van der Waals surface area contributed by atoms with Gasteiger partial charge >= 0.3 is 0 Å². The van der Waals surface area contributed by atoms with E-state index >= 15 is 0 Å². The van der Waals surface area contributed by atoms with Crippen molar-refractivity contribution < 1.29 is 0 Å². The minimum absolute atomic E-state index is 0.0440. The maximum absolute atomic E-state index is 6.15. The molecule has 2 rings (SSSR count). The zero-order valence-corrected chi connectivity index (χ0v) is 12.0. The van der Waals surface area contributed by atoms with Gasteiger partial charge in [0, 0.05) is 27.1 Å². The maximum atomic E-state index is 6.15. The summed E-state index contributed by atoms with van der Waals surface area (Å²) in [5, 5.41) is 3.18. The molecule has 1 aromatic carbocycles. The Bertz CT molecular complexity index is 464. The normalized spacial score (nSPS) is 12.7. The van der Waals surface area contributed by atoms with Gasteiger partial charge in [-0.05, 0) is 47.2 Å². The van der Waals surface area contributed by atoms with Crippen molar-refractivity contribution >= 4 is 33.9 Å². The summed E-state index contributed by atoms with van der Waals surface area (Å²) in [6, 6.07) is 8.40. The minimum atomic E-state index is 0.0440. The van der Waals surface area contributed by atoms with Gasteiger partial charge in [0.05, 0.1) is 5.01 Å². The molecule has 0 radical (unpaired) electrons. The maximum Gasteiger partial charge on any atom is 0.0947 e. The van der Waals surface area contributed by atoms with Crippen molar-refractivity contribution in [3.05, 3.63) is 49.5 Å². The Labute approximate surface area is 113 Å². The number of nitrogens with two attached hydrogens (primary N) is 1. The van der Waals surface area contributed by atoms with Crippen molar-refractivity contribution in [2.45, 2.75) is 19.4 Å². The Balaban J connectivity index is 2.08. The van der Waals surface area contributed by atoms with Crippen LogP contribution in [-0.4, -0.2) is 4.98 Å². The molecule has 0 amide bonds. The number of hydrogen-bond donors (Lipinski definition) is 1. The Kier molecular flexibility index (Phi) is 3.94. The van der Waals surface area contributed by atoms with Crippen molar-refractivity contribution in [1.82, 2.24) is 4.98 Å². The molecule has 0 aliphatic rings. The van der Waals surface area contributed by atoms with E-state index in [1.165, 1.54) is 9.13 Å². The van der Waals surface area contributed by atoms with Crippen molar-refractivity contribution in [3.8, 4) is 0 Å². The van der Waals surface area contributed by atoms with Crippen LogP contribution in [0.25, 0.3) is 0 Å². The lowest BCUT2D eigenvalue weighted by Crippen LogP contribution is -2.13. The highest BCUT2D eigenvalue weighted by Gasteiger charge is 2.09. The molecule has 0 saturated carbocycles. The second-order valence-corrected chi connectivity index (χ2v) is 5.93. The zero-order valence-electron chi connectivity index (χ0n) is 8.98. The van der Waals surface area contributed by atoms with E-state index in [2.05, 4.69) is 57.2 Å². The van der Waals surface area contributed by atoms with E-state index in [4.69, 9.17) is 5.73 Å². The summed E-state index contributed by atoms with van der Waals surface area (Å²) in [7, 11) is 0. The van der Waals surface area contributed by atoms with E-state index in [1.807, 2.05) is 6.92 Å². The van der Waals surface area contributed by atoms with Gasteiger partial charge in [0.25, 0.3) is 0 Å². The van der Waals surface area contributed by atoms with Gasteiger partial charge in [-0.15, -0.1) is 11.3 Å². The molecule has 0 aliphatic heterocycles. The van der Waals surface area contributed by atoms with Gasteiger partial charge in [0.1, 0.15) is 0 Å². The van der Waals surface area contributed by atoms with Crippen LogP contribution in [-0.2, 0) is 6.42 Å². The van der Waals surface area contributed by atoms with Crippen molar-refractivity contribution in [2.24, 2.45) is 5.73 Å². The van der Waals surface area contributed by atoms with Gasteiger partial charge in [-0.25, -0.2) is 4.98 Å². The van der Waals surface area contributed by atoms with Crippen LogP contribution >= 0.6 is 33.9 Å². The van der Waals surface area contributed by atoms with E-state index in [1.54, 1.807) is 11.3 Å². The van der Waals surface area contributed by atoms with Crippen LogP contribution in [0.4, 0.5) is 0 Å². The molecule has 0 bridgehead atoms. The molecule has 0 spiro atoms. The summed E-state index contributed by atoms with van der Waals surface area (Å²) in [5.41, 5.74) is 8.40. The topological polar surface area (TPSA) is 38.9 Å². The van der Waals surface area contributed by atoms with Gasteiger partial charge < -0.3 is 5.73 Å². The average Bonchev–Trinajstić information content (AvgIpc) is 2.65. The van der Waals surface area contributed by atoms with Crippen LogP contribution < -0.4 is 5.73 Å². The van der Waals surface area contributed by atoms with Crippen molar-refractivity contribution in [3.63, 3.8) is 0 Å². The van der Waals surface area contributed by atoms with Gasteiger partial charge in [0.15, 0.2) is 0 Å². The number of rotatable bonds is 3. The molecule has 1 heterocycles. The number of thiazole rings is 1. The molecule has 1 unspecified atom stereocenters. The van der Waals surface area contributed by atoms with Crippen LogP contribution in [0.1, 0.15) is 22.3 Å². The molecular weight excluding hydrogens is 331 g/mol. The molecule has 1 atom stereocenters. The summed E-state index contributed by atoms with van der Waals surface area (Å²) in [4.78, 5) is 4.43. The first-order valence-electron chi connectivity index (χ1n) is 5.07. The number of halogens is 1. The first-order valence-corrected chi connectivity index (χ1v) is 7.03. The predicted octanol–water partition coefficient (Wildman–Crippen LogP) is 3.30. The largest absolute Gasteiger partial charge is 0.324 e. The van der Waals surface area contributed by atoms with Crippen LogP contribution in [0, 0.1) is 10.5 Å². The molecule has 1 aromatic heterocycles. The first kappa shape index (κ1) is 12.0. The zero-order chi connectivity index (χ0) is 11.5. The van der Waals surface area contributed by atoms with Crippen LogP contribution in [0.2, 0.25) is 0 Å². The monoisotopic (exact) mass is 344 g/mol. The molecule has 2 aromatic rings. The Morgan fingerprint density at radius 1 is 1.38 bits per heavy atom. The third-order valence-corrected chi connectivity index (χ3v) is 4.07. The SMILES string of the molecule is Cc1csc(CC(N)c2ccc(I)cc2)n1. The molecule has 2 nitrogen and oxygen atoms in total. The van der Waals surface area contributed by atoms with E-state index in [9.17, 15) is 0 Å². The fourth-order valence-corrected chi connectivity index (χ4v) is 2.70. The number of hydrogen-bond acceptors (Lipinski definition) is 3. The van der Waals surface area contributed by atoms with E-state index in [0.29, 0.717) is 0 Å². The standard InChI is InChI=1S/C12H13IN2S/c1-8-7-16-12(15-8)6-11(14)9-2-4-10(13)5-3-9/h2-5,7,11H,6,14H2,1H3. The fourth-order valence-electron chi connectivity index (χ4n) is 1.51. The molecule has 16 heavy (non-hydrogen) atoms. The fraction of sp³-hybridized carbons (Fsp3) is 0.250. The third-order valence-electron chi connectivity index (χ3n) is 2.36. The lowest BCUT2D eigenvalue weighted by atomic mass is 10.1. The summed E-state index contributed by atoms with van der Waals surface area (Å²) in [5.74, 6) is 0. The van der Waals surface area contributed by atoms with E-state index in [0.717, 1.165) is 17.1 Å². The molecule has 4 heteroatoms. The van der Waals surface area contributed by atoms with Gasteiger partial charge in [-0.1, -0.05) is 12.1 Å². The smallest absolute Gasteiger partial charge is 0.0947 e. The second kappa shape index (κ2) is 5.25. The van der Waals surface area contributed by atoms with Gasteiger partial charge in [0.2, 0.25) is 0 Å². The predicted molar refractivity (Wildman–Crippen MR) is 76.6 cm³/mol. The minimum Gasteiger partial charge on any atom is -0.324 e. The Morgan fingerprint density at radius 3 is 2.62 bits per heavy atom. The molecule has 2 N–H and O–H groups in total. The number of benzene rings is 1. The van der Waals surface area contributed by atoms with E-state index in [-0.39, 0.29) is 6.04 Å². The highest BCUT2D eigenvalue weighted by atomic mass is 127. The lowest BCUT2D eigenvalue weighted by molar-refractivity contribution is 0.716. The summed E-state index contributed by atoms with van der Waals surface area (Å²) in [6.45, 7) is 2.01. The van der Waals surface area contributed by atoms with Gasteiger partial charge in [-0.3, -0.25) is 0 Å². The number of aromatic nitrogens is 1. The van der Waals surface area contributed by atoms with Crippen LogP contribution in [0.15, 0.2) is 29.6 Å². The highest BCUT2D eigenvalue weighted by molar-refractivity contribution is 14.1. The molecule has 0 aliphatic carbocycles. The van der Waals surface area contributed by atoms with Crippen molar-refractivity contribution in [1.29, 1.82) is 0 Å².